The zero-order chi connectivity index (χ0) is 12.4. The van der Waals surface area contributed by atoms with Crippen LogP contribution in [0, 0.1) is 0 Å². The summed E-state index contributed by atoms with van der Waals surface area (Å²) in [6, 6.07) is 9.56. The summed E-state index contributed by atoms with van der Waals surface area (Å²) in [7, 11) is 0. The predicted molar refractivity (Wildman–Crippen MR) is 69.8 cm³/mol. The Morgan fingerprint density at radius 2 is 2.17 bits per heavy atom. The number of hydrogen-bond donors (Lipinski definition) is 2. The predicted octanol–water partition coefficient (Wildman–Crippen LogP) is 1.87. The van der Waals surface area contributed by atoms with Crippen LogP contribution >= 0.6 is 0 Å². The molecule has 0 saturated heterocycles. The summed E-state index contributed by atoms with van der Waals surface area (Å²) >= 11 is 0. The van der Waals surface area contributed by atoms with Gasteiger partial charge in [-0.05, 0) is 24.6 Å². The molecule has 18 heavy (non-hydrogen) atoms. The smallest absolute Gasteiger partial charge is 0.276 e. The molecule has 0 bridgehead atoms. The van der Waals surface area contributed by atoms with Crippen molar-refractivity contribution in [3.05, 3.63) is 42.2 Å². The first kappa shape index (κ1) is 10.8. The quantitative estimate of drug-likeness (QED) is 0.802. The Hall–Kier alpha value is -2.30. The molecule has 0 radical (unpaired) electrons. The number of amides is 1. The molecule has 0 spiro atoms. The highest BCUT2D eigenvalue weighted by Gasteiger charge is 2.22. The molecule has 2 heterocycles. The van der Waals surface area contributed by atoms with Gasteiger partial charge in [-0.3, -0.25) is 9.89 Å². The van der Waals surface area contributed by atoms with E-state index in [1.807, 2.05) is 24.3 Å². The molecule has 1 aromatic carbocycles. The summed E-state index contributed by atoms with van der Waals surface area (Å²) in [4.78, 5) is 14.2. The maximum absolute atomic E-state index is 12.4. The molecule has 1 aromatic heterocycles. The van der Waals surface area contributed by atoms with Gasteiger partial charge in [-0.2, -0.15) is 5.10 Å². The lowest BCUT2D eigenvalue weighted by atomic mass is 10.2. The average Bonchev–Trinajstić information content (AvgIpc) is 2.85. The molecule has 0 unspecified atom stereocenters. The van der Waals surface area contributed by atoms with Crippen LogP contribution < -0.4 is 10.2 Å². The molecule has 1 amide bonds. The highest BCUT2D eigenvalue weighted by Crippen LogP contribution is 2.28. The molecule has 0 fully saturated rings. The first-order chi connectivity index (χ1) is 8.86. The van der Waals surface area contributed by atoms with Crippen molar-refractivity contribution in [3.63, 3.8) is 0 Å². The van der Waals surface area contributed by atoms with Gasteiger partial charge in [-0.15, -0.1) is 0 Å². The van der Waals surface area contributed by atoms with E-state index in [9.17, 15) is 4.79 Å². The van der Waals surface area contributed by atoms with Crippen molar-refractivity contribution >= 4 is 17.3 Å². The van der Waals surface area contributed by atoms with Crippen LogP contribution in [-0.4, -0.2) is 29.2 Å². The summed E-state index contributed by atoms with van der Waals surface area (Å²) in [5.41, 5.74) is 2.45. The molecule has 1 aliphatic rings. The van der Waals surface area contributed by atoms with E-state index in [0.717, 1.165) is 24.3 Å². The number of aromatic nitrogens is 2. The Balaban J connectivity index is 1.99. The number of carbonyl (C=O) groups excluding carboxylic acids is 1. The fourth-order valence-electron chi connectivity index (χ4n) is 2.17. The standard InChI is InChI=1S/C13H14N4O/c18-13(11-6-8-15-16-11)17-9-3-7-14-10-4-1-2-5-12(10)17/h1-2,4-6,8,14H,3,7,9H2,(H,15,16). The number of carbonyl (C=O) groups is 1. The topological polar surface area (TPSA) is 61.0 Å². The number of para-hydroxylation sites is 2. The van der Waals surface area contributed by atoms with Gasteiger partial charge in [0.1, 0.15) is 5.69 Å². The summed E-state index contributed by atoms with van der Waals surface area (Å²) < 4.78 is 0. The SMILES string of the molecule is O=C(c1ccn[nH]1)N1CCCNc2ccccc21. The minimum Gasteiger partial charge on any atom is -0.383 e. The zero-order valence-electron chi connectivity index (χ0n) is 9.89. The largest absolute Gasteiger partial charge is 0.383 e. The normalized spacial score (nSPS) is 14.6. The lowest BCUT2D eigenvalue weighted by molar-refractivity contribution is 0.0982. The Labute approximate surface area is 105 Å². The first-order valence-electron chi connectivity index (χ1n) is 6.00. The van der Waals surface area contributed by atoms with Gasteiger partial charge in [0.25, 0.3) is 5.91 Å². The molecule has 2 N–H and O–H groups in total. The molecule has 92 valence electrons. The van der Waals surface area contributed by atoms with E-state index >= 15 is 0 Å². The van der Waals surface area contributed by atoms with Crippen molar-refractivity contribution < 1.29 is 4.79 Å². The number of rotatable bonds is 1. The van der Waals surface area contributed by atoms with E-state index in [1.54, 1.807) is 17.2 Å². The number of anilines is 2. The third-order valence-electron chi connectivity index (χ3n) is 3.05. The maximum atomic E-state index is 12.4. The number of hydrogen-bond acceptors (Lipinski definition) is 3. The van der Waals surface area contributed by atoms with E-state index < -0.39 is 0 Å². The summed E-state index contributed by atoms with van der Waals surface area (Å²) in [6.45, 7) is 1.59. The molecule has 2 aromatic rings. The fraction of sp³-hybridized carbons (Fsp3) is 0.231. The molecule has 5 heteroatoms. The van der Waals surface area contributed by atoms with Crippen molar-refractivity contribution in [1.29, 1.82) is 0 Å². The van der Waals surface area contributed by atoms with Crippen LogP contribution in [0.5, 0.6) is 0 Å². The van der Waals surface area contributed by atoms with Gasteiger partial charge in [-0.25, -0.2) is 0 Å². The van der Waals surface area contributed by atoms with Crippen LogP contribution in [0.15, 0.2) is 36.5 Å². The lowest BCUT2D eigenvalue weighted by Crippen LogP contribution is -2.31. The third-order valence-corrected chi connectivity index (χ3v) is 3.05. The molecular weight excluding hydrogens is 228 g/mol. The number of fused-ring (bicyclic) bond motifs is 1. The summed E-state index contributed by atoms with van der Waals surface area (Å²) in [6.07, 6.45) is 2.52. The van der Waals surface area contributed by atoms with Gasteiger partial charge in [0, 0.05) is 19.3 Å². The van der Waals surface area contributed by atoms with Crippen molar-refractivity contribution in [2.75, 3.05) is 23.3 Å². The van der Waals surface area contributed by atoms with Crippen LogP contribution in [0.3, 0.4) is 0 Å². The molecule has 0 atom stereocenters. The maximum Gasteiger partial charge on any atom is 0.276 e. The second-order valence-corrected chi connectivity index (χ2v) is 4.22. The Bertz CT molecular complexity index is 550. The van der Waals surface area contributed by atoms with Crippen LogP contribution in [0.2, 0.25) is 0 Å². The molecule has 0 saturated carbocycles. The van der Waals surface area contributed by atoms with E-state index in [1.165, 1.54) is 0 Å². The van der Waals surface area contributed by atoms with Crippen molar-refractivity contribution in [2.45, 2.75) is 6.42 Å². The van der Waals surface area contributed by atoms with Gasteiger partial charge in [-0.1, -0.05) is 12.1 Å². The van der Waals surface area contributed by atoms with Crippen molar-refractivity contribution in [3.8, 4) is 0 Å². The van der Waals surface area contributed by atoms with Gasteiger partial charge >= 0.3 is 0 Å². The van der Waals surface area contributed by atoms with Crippen LogP contribution in [-0.2, 0) is 0 Å². The number of H-pyrrole nitrogens is 1. The number of nitrogens with one attached hydrogen (secondary N) is 2. The molecule has 5 nitrogen and oxygen atoms in total. The molecule has 1 aliphatic heterocycles. The van der Waals surface area contributed by atoms with Crippen LogP contribution in [0.1, 0.15) is 16.9 Å². The Morgan fingerprint density at radius 3 is 3.00 bits per heavy atom. The second-order valence-electron chi connectivity index (χ2n) is 4.22. The summed E-state index contributed by atoms with van der Waals surface area (Å²) in [5.74, 6) is -0.0383. The highest BCUT2D eigenvalue weighted by molar-refractivity contribution is 6.06. The fourth-order valence-corrected chi connectivity index (χ4v) is 2.17. The third kappa shape index (κ3) is 1.84. The van der Waals surface area contributed by atoms with Gasteiger partial charge in [0.05, 0.1) is 11.4 Å². The molecule has 3 rings (SSSR count). The number of nitrogens with zero attached hydrogens (tertiary/aromatic N) is 2. The Morgan fingerprint density at radius 1 is 1.28 bits per heavy atom. The van der Waals surface area contributed by atoms with Gasteiger partial charge in [0.15, 0.2) is 0 Å². The van der Waals surface area contributed by atoms with Crippen molar-refractivity contribution in [2.24, 2.45) is 0 Å². The van der Waals surface area contributed by atoms with E-state index in [4.69, 9.17) is 0 Å². The van der Waals surface area contributed by atoms with Gasteiger partial charge in [0.2, 0.25) is 0 Å². The minimum atomic E-state index is -0.0383. The van der Waals surface area contributed by atoms with Crippen LogP contribution in [0.4, 0.5) is 11.4 Å². The first-order valence-corrected chi connectivity index (χ1v) is 6.00. The van der Waals surface area contributed by atoms with E-state index in [-0.39, 0.29) is 5.91 Å². The summed E-state index contributed by atoms with van der Waals surface area (Å²) in [5, 5.41) is 9.89. The van der Waals surface area contributed by atoms with E-state index in [0.29, 0.717) is 12.2 Å². The van der Waals surface area contributed by atoms with Crippen molar-refractivity contribution in [1.82, 2.24) is 10.2 Å². The number of aromatic amines is 1. The van der Waals surface area contributed by atoms with E-state index in [2.05, 4.69) is 15.5 Å². The van der Waals surface area contributed by atoms with Gasteiger partial charge < -0.3 is 10.2 Å². The zero-order valence-corrected chi connectivity index (χ0v) is 9.89. The average molecular weight is 242 g/mol. The molecule has 0 aliphatic carbocycles. The Kier molecular flexibility index (Phi) is 2.72. The lowest BCUT2D eigenvalue weighted by Gasteiger charge is -2.21. The highest BCUT2D eigenvalue weighted by atomic mass is 16.2. The second kappa shape index (κ2) is 4.52. The monoisotopic (exact) mass is 242 g/mol. The molecular formula is C13H14N4O. The number of benzene rings is 1. The van der Waals surface area contributed by atoms with Crippen LogP contribution in [0.25, 0.3) is 0 Å². The minimum absolute atomic E-state index is 0.0383.